The second-order valence-corrected chi connectivity index (χ2v) is 17.7. The predicted molar refractivity (Wildman–Crippen MR) is 148 cm³/mol. The summed E-state index contributed by atoms with van der Waals surface area (Å²) < 4.78 is 13.0. The summed E-state index contributed by atoms with van der Waals surface area (Å²) in [6.07, 6.45) is 1.23. The fourth-order valence-electron chi connectivity index (χ4n) is 5.17. The molecule has 194 valence electrons. The highest BCUT2D eigenvalue weighted by Crippen LogP contribution is 2.41. The first-order valence-electron chi connectivity index (χ1n) is 12.8. The third kappa shape index (κ3) is 4.75. The average molecular weight is 537 g/mol. The van der Waals surface area contributed by atoms with Crippen molar-refractivity contribution in [3.05, 3.63) is 63.4 Å². The molecule has 2 aliphatic heterocycles. The molecule has 7 nitrogen and oxygen atoms in total. The molecule has 3 aromatic rings. The van der Waals surface area contributed by atoms with Crippen molar-refractivity contribution in [3.8, 4) is 11.4 Å². The van der Waals surface area contributed by atoms with Gasteiger partial charge in [0.15, 0.2) is 0 Å². The van der Waals surface area contributed by atoms with E-state index in [9.17, 15) is 14.4 Å². The molecule has 0 amide bonds. The Balaban J connectivity index is 1.47. The molecule has 2 aliphatic rings. The highest BCUT2D eigenvalue weighted by atomic mass is 32.2. The largest absolute Gasteiger partial charge is 0.457 e. The molecule has 0 N–H and O–H groups in total. The molecule has 9 heteroatoms. The van der Waals surface area contributed by atoms with E-state index in [1.807, 2.05) is 30.3 Å². The first-order chi connectivity index (χ1) is 17.6. The van der Waals surface area contributed by atoms with E-state index in [0.29, 0.717) is 29.1 Å². The van der Waals surface area contributed by atoms with Crippen molar-refractivity contribution in [2.45, 2.75) is 64.2 Å². The number of fused-ring (bicyclic) bond motifs is 5. The van der Waals surface area contributed by atoms with E-state index >= 15 is 0 Å². The van der Waals surface area contributed by atoms with Crippen molar-refractivity contribution in [2.24, 2.45) is 0 Å². The maximum Gasteiger partial charge on any atom is 0.355 e. The van der Waals surface area contributed by atoms with Crippen molar-refractivity contribution in [1.29, 1.82) is 0 Å². The van der Waals surface area contributed by atoms with E-state index in [0.717, 1.165) is 28.6 Å². The van der Waals surface area contributed by atoms with Crippen LogP contribution < -0.4 is 5.56 Å². The van der Waals surface area contributed by atoms with Gasteiger partial charge in [-0.05, 0) is 36.8 Å². The Morgan fingerprint density at radius 3 is 2.76 bits per heavy atom. The fourth-order valence-corrected chi connectivity index (χ4v) is 7.38. The molecule has 0 bridgehead atoms. The van der Waals surface area contributed by atoms with Crippen molar-refractivity contribution in [2.75, 3.05) is 11.5 Å². The second kappa shape index (κ2) is 9.76. The van der Waals surface area contributed by atoms with Crippen LogP contribution >= 0.6 is 11.8 Å². The predicted octanol–water partition coefficient (Wildman–Crippen LogP) is 5.09. The molecule has 0 aliphatic carbocycles. The van der Waals surface area contributed by atoms with Gasteiger partial charge in [0.1, 0.15) is 6.61 Å². The quantitative estimate of drug-likeness (QED) is 0.176. The maximum absolute atomic E-state index is 13.6. The lowest BCUT2D eigenvalue weighted by atomic mass is 9.85. The summed E-state index contributed by atoms with van der Waals surface area (Å²) in [5.41, 5.74) is 2.02. The zero-order valence-corrected chi connectivity index (χ0v) is 23.6. The van der Waals surface area contributed by atoms with Gasteiger partial charge in [-0.3, -0.25) is 9.59 Å². The van der Waals surface area contributed by atoms with E-state index < -0.39 is 25.6 Å². The van der Waals surface area contributed by atoms with Gasteiger partial charge in [0.25, 0.3) is 5.56 Å². The van der Waals surface area contributed by atoms with Crippen LogP contribution in [0.1, 0.15) is 36.5 Å². The molecular weight excluding hydrogens is 504 g/mol. The molecule has 0 fully saturated rings. The van der Waals surface area contributed by atoms with Gasteiger partial charge in [-0.15, -0.1) is 0 Å². The highest BCUT2D eigenvalue weighted by Gasteiger charge is 2.50. The minimum atomic E-state index is -1.64. The van der Waals surface area contributed by atoms with Gasteiger partial charge < -0.3 is 14.0 Å². The van der Waals surface area contributed by atoms with Gasteiger partial charge in [-0.2, -0.15) is 11.8 Å². The lowest BCUT2D eigenvalue weighted by Gasteiger charge is -2.35. The number of hydrogen-bond acceptors (Lipinski definition) is 7. The second-order valence-electron chi connectivity index (χ2n) is 10.9. The van der Waals surface area contributed by atoms with Gasteiger partial charge in [0, 0.05) is 24.6 Å². The maximum atomic E-state index is 13.6. The van der Waals surface area contributed by atoms with Gasteiger partial charge >= 0.3 is 11.9 Å². The van der Waals surface area contributed by atoms with E-state index in [1.54, 1.807) is 11.5 Å². The summed E-state index contributed by atoms with van der Waals surface area (Å²) >= 11 is 1.52. The van der Waals surface area contributed by atoms with Crippen molar-refractivity contribution in [1.82, 2.24) is 9.55 Å². The van der Waals surface area contributed by atoms with Crippen LogP contribution in [0.25, 0.3) is 22.3 Å². The van der Waals surface area contributed by atoms with Crippen LogP contribution in [0.2, 0.25) is 25.7 Å². The number of carbonyl (C=O) groups is 2. The number of benzene rings is 1. The van der Waals surface area contributed by atoms with Crippen LogP contribution in [0, 0.1) is 0 Å². The summed E-state index contributed by atoms with van der Waals surface area (Å²) in [5, 5.41) is 1.00. The molecule has 0 saturated heterocycles. The Kier molecular flexibility index (Phi) is 6.78. The van der Waals surface area contributed by atoms with Gasteiger partial charge in [-0.25, -0.2) is 9.78 Å². The molecule has 5 rings (SSSR count). The molecule has 4 heterocycles. The third-order valence-corrected chi connectivity index (χ3v) is 9.98. The highest BCUT2D eigenvalue weighted by molar-refractivity contribution is 7.99. The Labute approximate surface area is 221 Å². The molecule has 1 atom stereocenters. The smallest absolute Gasteiger partial charge is 0.355 e. The minimum absolute atomic E-state index is 0.135. The Bertz CT molecular complexity index is 1460. The standard InChI is InChI=1S/C28H32N2O5SSi/c1-5-28(35-24(31)17-36-11-8-12-37(2,3)4)21-14-23-25-19(13-18-9-6-7-10-22(18)29-25)15-30(23)26(32)20(21)16-34-27(28)33/h6-7,9-10,13-14H,5,8,11-12,15-17H2,1-4H3/t28-/m0/s1. The number of nitrogens with zero attached hydrogens (tertiary/aromatic N) is 2. The van der Waals surface area contributed by atoms with Gasteiger partial charge in [-0.1, -0.05) is 50.8 Å². The van der Waals surface area contributed by atoms with Crippen LogP contribution in [-0.4, -0.2) is 41.1 Å². The van der Waals surface area contributed by atoms with Crippen LogP contribution in [0.5, 0.6) is 0 Å². The van der Waals surface area contributed by atoms with Crippen molar-refractivity contribution in [3.63, 3.8) is 0 Å². The van der Waals surface area contributed by atoms with Crippen molar-refractivity contribution < 1.29 is 19.1 Å². The number of aromatic nitrogens is 2. The molecule has 2 aromatic heterocycles. The molecular formula is C28H32N2O5SSi. The normalized spacial score (nSPS) is 18.2. The number of para-hydroxylation sites is 1. The van der Waals surface area contributed by atoms with E-state index in [4.69, 9.17) is 14.5 Å². The van der Waals surface area contributed by atoms with Gasteiger partial charge in [0.05, 0.1) is 34.8 Å². The average Bonchev–Trinajstić information content (AvgIpc) is 3.21. The number of thioether (sulfide) groups is 1. The monoisotopic (exact) mass is 536 g/mol. The molecule has 0 saturated carbocycles. The first kappa shape index (κ1) is 25.7. The summed E-state index contributed by atoms with van der Waals surface area (Å²) in [5.74, 6) is -0.0929. The summed E-state index contributed by atoms with van der Waals surface area (Å²) in [6.45, 7) is 9.03. The SMILES string of the molecule is CC[C@@]1(OC(=O)CSCCC[Si](C)(C)C)C(=O)OCc2c1cc1n(c2=O)Cc2cc3ccccc3nc2-1. The molecule has 0 spiro atoms. The number of cyclic esters (lactones) is 1. The van der Waals surface area contributed by atoms with Crippen molar-refractivity contribution >= 4 is 42.7 Å². The fraction of sp³-hybridized carbons (Fsp3) is 0.429. The lowest BCUT2D eigenvalue weighted by Crippen LogP contribution is -2.47. The first-order valence-corrected chi connectivity index (χ1v) is 17.6. The number of rotatable bonds is 8. The Morgan fingerprint density at radius 1 is 1.22 bits per heavy atom. The topological polar surface area (TPSA) is 87.5 Å². The lowest BCUT2D eigenvalue weighted by molar-refractivity contribution is -0.187. The van der Waals surface area contributed by atoms with Crippen LogP contribution in [-0.2, 0) is 37.8 Å². The number of pyridine rings is 2. The summed E-state index contributed by atoms with van der Waals surface area (Å²) in [4.78, 5) is 44.5. The Hall–Kier alpha value is -2.91. The summed E-state index contributed by atoms with van der Waals surface area (Å²) in [7, 11) is -1.12. The van der Waals surface area contributed by atoms with E-state index in [2.05, 4.69) is 25.7 Å². The van der Waals surface area contributed by atoms with Crippen LogP contribution in [0.4, 0.5) is 0 Å². The van der Waals surface area contributed by atoms with E-state index in [1.165, 1.54) is 17.8 Å². The zero-order chi connectivity index (χ0) is 26.4. The molecule has 37 heavy (non-hydrogen) atoms. The Morgan fingerprint density at radius 2 is 2.00 bits per heavy atom. The molecule has 0 unspecified atom stereocenters. The molecule has 1 aromatic carbocycles. The summed E-state index contributed by atoms with van der Waals surface area (Å²) in [6, 6.07) is 12.9. The third-order valence-electron chi connectivity index (χ3n) is 7.11. The number of ether oxygens (including phenoxy) is 2. The molecule has 0 radical (unpaired) electrons. The van der Waals surface area contributed by atoms with Gasteiger partial charge in [0.2, 0.25) is 5.60 Å². The number of esters is 2. The van der Waals surface area contributed by atoms with Crippen LogP contribution in [0.3, 0.4) is 0 Å². The zero-order valence-electron chi connectivity index (χ0n) is 21.8. The number of hydrogen-bond donors (Lipinski definition) is 0. The van der Waals surface area contributed by atoms with E-state index in [-0.39, 0.29) is 24.3 Å². The number of carbonyl (C=O) groups excluding carboxylic acids is 2. The van der Waals surface area contributed by atoms with Crippen LogP contribution in [0.15, 0.2) is 41.2 Å². The minimum Gasteiger partial charge on any atom is -0.457 e.